The second kappa shape index (κ2) is 8.86. The van der Waals surface area contributed by atoms with Crippen molar-refractivity contribution in [1.82, 2.24) is 14.5 Å². The molecular weight excluding hydrogens is 442 g/mol. The predicted molar refractivity (Wildman–Crippen MR) is 117 cm³/mol. The molecule has 172 valence electrons. The van der Waals surface area contributed by atoms with Gasteiger partial charge in [0.1, 0.15) is 5.60 Å². The van der Waals surface area contributed by atoms with Crippen molar-refractivity contribution in [2.24, 2.45) is 5.92 Å². The lowest BCUT2D eigenvalue weighted by atomic mass is 9.99. The average molecular weight is 472 g/mol. The van der Waals surface area contributed by atoms with Crippen molar-refractivity contribution in [3.63, 3.8) is 0 Å². The van der Waals surface area contributed by atoms with Gasteiger partial charge in [0, 0.05) is 31.2 Å². The van der Waals surface area contributed by atoms with E-state index in [9.17, 15) is 13.2 Å². The summed E-state index contributed by atoms with van der Waals surface area (Å²) in [4.78, 5) is 14.7. The summed E-state index contributed by atoms with van der Waals surface area (Å²) in [7, 11) is -3.85. The van der Waals surface area contributed by atoms with Crippen molar-refractivity contribution in [1.29, 1.82) is 0 Å². The molecule has 1 saturated carbocycles. The minimum Gasteiger partial charge on any atom is -0.441 e. The molecule has 2 aliphatic heterocycles. The molecule has 31 heavy (non-hydrogen) atoms. The molecule has 1 aromatic carbocycles. The summed E-state index contributed by atoms with van der Waals surface area (Å²) < 4.78 is 40.9. The van der Waals surface area contributed by atoms with E-state index < -0.39 is 21.7 Å². The molecule has 4 rings (SSSR count). The normalized spacial score (nSPS) is 26.6. The highest BCUT2D eigenvalue weighted by atomic mass is 35.5. The topological polar surface area (TPSA) is 88.2 Å². The molecule has 3 fully saturated rings. The van der Waals surface area contributed by atoms with Crippen LogP contribution in [0.1, 0.15) is 26.7 Å². The molecule has 10 heteroatoms. The van der Waals surface area contributed by atoms with Crippen LogP contribution in [-0.2, 0) is 19.5 Å². The van der Waals surface area contributed by atoms with Crippen LogP contribution in [0, 0.1) is 5.92 Å². The first kappa shape index (κ1) is 22.8. The highest BCUT2D eigenvalue weighted by molar-refractivity contribution is 7.89. The molecule has 2 atom stereocenters. The van der Waals surface area contributed by atoms with Gasteiger partial charge >= 0.3 is 6.09 Å². The smallest absolute Gasteiger partial charge is 0.410 e. The first-order valence-corrected chi connectivity index (χ1v) is 12.6. The number of ether oxygens (including phenoxy) is 2. The van der Waals surface area contributed by atoms with Gasteiger partial charge in [-0.05, 0) is 43.0 Å². The van der Waals surface area contributed by atoms with Crippen molar-refractivity contribution in [2.45, 2.75) is 49.3 Å². The fraction of sp³-hybridized carbons (Fsp3) is 0.667. The molecular formula is C21H30ClN3O5S. The number of amides is 1. The number of carbonyl (C=O) groups excluding carboxylic acids is 1. The Labute approximate surface area is 188 Å². The molecule has 0 aromatic heterocycles. The van der Waals surface area contributed by atoms with Crippen LogP contribution in [0.3, 0.4) is 0 Å². The maximum absolute atomic E-state index is 13.8. The number of carbonyl (C=O) groups is 1. The third kappa shape index (κ3) is 4.57. The lowest BCUT2D eigenvalue weighted by molar-refractivity contribution is -0.0800. The molecule has 3 aliphatic rings. The van der Waals surface area contributed by atoms with Gasteiger partial charge in [-0.3, -0.25) is 0 Å². The SMILES string of the molecule is CC(C)[C@@H]1COC[C@H](C2(OC(=O)N3CCNCC3)CC2)N1S(=O)(=O)c1ccc(Cl)cc1. The molecule has 1 aliphatic carbocycles. The third-order valence-electron chi connectivity index (χ3n) is 6.37. The fourth-order valence-electron chi connectivity index (χ4n) is 4.33. The van der Waals surface area contributed by atoms with E-state index in [0.717, 1.165) is 13.1 Å². The van der Waals surface area contributed by atoms with Crippen molar-refractivity contribution in [3.8, 4) is 0 Å². The minimum atomic E-state index is -3.85. The zero-order valence-electron chi connectivity index (χ0n) is 17.9. The Bertz CT molecular complexity index is 898. The van der Waals surface area contributed by atoms with E-state index >= 15 is 0 Å². The van der Waals surface area contributed by atoms with Crippen LogP contribution in [0.15, 0.2) is 29.2 Å². The van der Waals surface area contributed by atoms with Crippen LogP contribution in [0.5, 0.6) is 0 Å². The van der Waals surface area contributed by atoms with E-state index in [1.54, 1.807) is 21.3 Å². The molecule has 2 saturated heterocycles. The number of rotatable bonds is 5. The van der Waals surface area contributed by atoms with Crippen LogP contribution in [0.2, 0.25) is 5.02 Å². The Hall–Kier alpha value is -1.39. The standard InChI is InChI=1S/C21H30ClN3O5S/c1-15(2)18-13-29-14-19(25(18)31(27,28)17-5-3-16(22)4-6-17)21(7-8-21)30-20(26)24-11-9-23-10-12-24/h3-6,15,18-19,23H,7-14H2,1-2H3/t18-,19+/m0/s1. The number of nitrogens with one attached hydrogen (secondary N) is 1. The zero-order chi connectivity index (χ0) is 22.2. The maximum Gasteiger partial charge on any atom is 0.410 e. The Morgan fingerprint density at radius 3 is 2.42 bits per heavy atom. The minimum absolute atomic E-state index is 0.0320. The fourth-order valence-corrected chi connectivity index (χ4v) is 6.43. The van der Waals surface area contributed by atoms with Crippen LogP contribution >= 0.6 is 11.6 Å². The van der Waals surface area contributed by atoms with Gasteiger partial charge < -0.3 is 19.7 Å². The Morgan fingerprint density at radius 1 is 1.19 bits per heavy atom. The van der Waals surface area contributed by atoms with Gasteiger partial charge in [-0.15, -0.1) is 0 Å². The molecule has 1 aromatic rings. The van der Waals surface area contributed by atoms with Crippen molar-refractivity contribution >= 4 is 27.7 Å². The molecule has 0 bridgehead atoms. The van der Waals surface area contributed by atoms with E-state index in [0.29, 0.717) is 37.6 Å². The summed E-state index contributed by atoms with van der Waals surface area (Å²) in [6.45, 7) is 7.07. The van der Waals surface area contributed by atoms with Gasteiger partial charge in [-0.2, -0.15) is 4.31 Å². The van der Waals surface area contributed by atoms with E-state index in [1.165, 1.54) is 12.1 Å². The maximum atomic E-state index is 13.8. The number of morpholine rings is 1. The lowest BCUT2D eigenvalue weighted by Crippen LogP contribution is -2.62. The molecule has 0 radical (unpaired) electrons. The summed E-state index contributed by atoms with van der Waals surface area (Å²) >= 11 is 5.97. The Balaban J connectivity index is 1.64. The van der Waals surface area contributed by atoms with Crippen LogP contribution in [0.25, 0.3) is 0 Å². The molecule has 1 amide bonds. The summed E-state index contributed by atoms with van der Waals surface area (Å²) in [5.74, 6) is 0.0320. The van der Waals surface area contributed by atoms with Gasteiger partial charge in [-0.25, -0.2) is 13.2 Å². The number of hydrogen-bond donors (Lipinski definition) is 1. The van der Waals surface area contributed by atoms with E-state index in [4.69, 9.17) is 21.1 Å². The Morgan fingerprint density at radius 2 is 1.84 bits per heavy atom. The Kier molecular flexibility index (Phi) is 6.52. The molecule has 1 N–H and O–H groups in total. The van der Waals surface area contributed by atoms with E-state index in [-0.39, 0.29) is 29.6 Å². The number of hydrogen-bond acceptors (Lipinski definition) is 6. The lowest BCUT2D eigenvalue weighted by Gasteiger charge is -2.45. The second-order valence-electron chi connectivity index (χ2n) is 8.82. The van der Waals surface area contributed by atoms with Gasteiger partial charge in [0.25, 0.3) is 0 Å². The quantitative estimate of drug-likeness (QED) is 0.709. The van der Waals surface area contributed by atoms with Gasteiger partial charge in [0.05, 0.1) is 30.2 Å². The third-order valence-corrected chi connectivity index (χ3v) is 8.57. The van der Waals surface area contributed by atoms with E-state index in [2.05, 4.69) is 5.32 Å². The first-order chi connectivity index (χ1) is 14.7. The van der Waals surface area contributed by atoms with Crippen molar-refractivity contribution in [2.75, 3.05) is 39.4 Å². The van der Waals surface area contributed by atoms with E-state index in [1.807, 2.05) is 13.8 Å². The molecule has 2 heterocycles. The second-order valence-corrected chi connectivity index (χ2v) is 11.1. The number of piperazine rings is 1. The van der Waals surface area contributed by atoms with Crippen molar-refractivity contribution in [3.05, 3.63) is 29.3 Å². The number of sulfonamides is 1. The highest BCUT2D eigenvalue weighted by Crippen LogP contribution is 2.48. The van der Waals surface area contributed by atoms with Crippen LogP contribution in [0.4, 0.5) is 4.79 Å². The molecule has 0 spiro atoms. The van der Waals surface area contributed by atoms with Gasteiger partial charge in [0.2, 0.25) is 10.0 Å². The van der Waals surface area contributed by atoms with Gasteiger partial charge in [0.15, 0.2) is 0 Å². The van der Waals surface area contributed by atoms with Crippen molar-refractivity contribution < 1.29 is 22.7 Å². The zero-order valence-corrected chi connectivity index (χ0v) is 19.5. The summed E-state index contributed by atoms with van der Waals surface area (Å²) in [5.41, 5.74) is -0.852. The average Bonchev–Trinajstić information content (AvgIpc) is 3.54. The predicted octanol–water partition coefficient (Wildman–Crippen LogP) is 2.33. The highest BCUT2D eigenvalue weighted by Gasteiger charge is 2.60. The summed E-state index contributed by atoms with van der Waals surface area (Å²) in [5, 5.41) is 3.69. The monoisotopic (exact) mass is 471 g/mol. The summed E-state index contributed by atoms with van der Waals surface area (Å²) in [6, 6.07) is 5.27. The van der Waals surface area contributed by atoms with Crippen LogP contribution in [-0.4, -0.2) is 80.8 Å². The number of nitrogens with zero attached hydrogens (tertiary/aromatic N) is 2. The summed E-state index contributed by atoms with van der Waals surface area (Å²) in [6.07, 6.45) is 0.863. The number of benzene rings is 1. The van der Waals surface area contributed by atoms with Gasteiger partial charge in [-0.1, -0.05) is 25.4 Å². The van der Waals surface area contributed by atoms with Crippen LogP contribution < -0.4 is 5.32 Å². The first-order valence-electron chi connectivity index (χ1n) is 10.8. The molecule has 8 nitrogen and oxygen atoms in total. The largest absolute Gasteiger partial charge is 0.441 e. The molecule has 0 unspecified atom stereocenters. The number of halogens is 1.